The minimum Gasteiger partial charge on any atom is -0.492 e. The molecule has 106 valence electrons. The number of para-hydroxylation sites is 1. The zero-order valence-corrected chi connectivity index (χ0v) is 11.7. The van der Waals surface area contributed by atoms with Gasteiger partial charge in [0, 0.05) is 38.3 Å². The molecule has 4 nitrogen and oxygen atoms in total. The van der Waals surface area contributed by atoms with E-state index >= 15 is 0 Å². The first-order valence-electron chi connectivity index (χ1n) is 7.09. The number of rotatable bonds is 6. The maximum absolute atomic E-state index is 9.23. The van der Waals surface area contributed by atoms with Gasteiger partial charge in [0.1, 0.15) is 12.4 Å². The number of hydrogen-bond donors (Lipinski definition) is 1. The Morgan fingerprint density at radius 2 is 1.79 bits per heavy atom. The molecule has 0 radical (unpaired) electrons. The molecule has 0 saturated carbocycles. The summed E-state index contributed by atoms with van der Waals surface area (Å²) in [5.41, 5.74) is 0.860. The van der Waals surface area contributed by atoms with E-state index in [4.69, 9.17) is 4.74 Å². The zero-order valence-electron chi connectivity index (χ0n) is 11.7. The molecule has 1 aliphatic heterocycles. The molecule has 0 spiro atoms. The van der Waals surface area contributed by atoms with Crippen molar-refractivity contribution < 1.29 is 9.84 Å². The smallest absolute Gasteiger partial charge is 0.124 e. The van der Waals surface area contributed by atoms with E-state index in [2.05, 4.69) is 16.7 Å². The molecule has 1 N–H and O–H groups in total. The molecule has 1 aromatic rings. The van der Waals surface area contributed by atoms with E-state index in [1.165, 1.54) is 0 Å². The van der Waals surface area contributed by atoms with Crippen LogP contribution in [0.3, 0.4) is 0 Å². The third-order valence-electron chi connectivity index (χ3n) is 3.72. The monoisotopic (exact) mass is 264 g/mol. The van der Waals surface area contributed by atoms with E-state index < -0.39 is 0 Å². The molecule has 0 aliphatic carbocycles. The normalized spacial score (nSPS) is 17.6. The second-order valence-electron chi connectivity index (χ2n) is 4.89. The van der Waals surface area contributed by atoms with Gasteiger partial charge in [0.05, 0.1) is 6.61 Å². The predicted molar refractivity (Wildman–Crippen MR) is 76.4 cm³/mol. The molecule has 1 heterocycles. The van der Waals surface area contributed by atoms with Gasteiger partial charge in [-0.3, -0.25) is 4.90 Å². The van der Waals surface area contributed by atoms with Crippen molar-refractivity contribution >= 4 is 0 Å². The minimum absolute atomic E-state index is 0.0331. The summed E-state index contributed by atoms with van der Waals surface area (Å²) in [7, 11) is 0. The molecule has 0 bridgehead atoms. The van der Waals surface area contributed by atoms with Crippen molar-refractivity contribution in [1.29, 1.82) is 0 Å². The molecule has 2 rings (SSSR count). The van der Waals surface area contributed by atoms with Gasteiger partial charge in [0.25, 0.3) is 0 Å². The number of ether oxygens (including phenoxy) is 1. The third kappa shape index (κ3) is 4.20. The van der Waals surface area contributed by atoms with Crippen LogP contribution in [-0.2, 0) is 6.61 Å². The van der Waals surface area contributed by atoms with Crippen LogP contribution in [0.4, 0.5) is 0 Å². The van der Waals surface area contributed by atoms with Crippen molar-refractivity contribution in [1.82, 2.24) is 9.80 Å². The van der Waals surface area contributed by atoms with Crippen LogP contribution in [-0.4, -0.2) is 60.8 Å². The first kappa shape index (κ1) is 14.3. The molecule has 0 unspecified atom stereocenters. The summed E-state index contributed by atoms with van der Waals surface area (Å²) in [6, 6.07) is 7.67. The highest BCUT2D eigenvalue weighted by Gasteiger charge is 2.15. The summed E-state index contributed by atoms with van der Waals surface area (Å²) >= 11 is 0. The Hall–Kier alpha value is -1.10. The van der Waals surface area contributed by atoms with Crippen LogP contribution >= 0.6 is 0 Å². The predicted octanol–water partition coefficient (Wildman–Crippen LogP) is 1.20. The average Bonchev–Trinajstić information content (AvgIpc) is 2.48. The Morgan fingerprint density at radius 1 is 1.11 bits per heavy atom. The Bertz CT molecular complexity index is 376. The van der Waals surface area contributed by atoms with E-state index in [0.29, 0.717) is 6.61 Å². The first-order valence-corrected chi connectivity index (χ1v) is 7.09. The van der Waals surface area contributed by atoms with E-state index in [1.54, 1.807) is 0 Å². The van der Waals surface area contributed by atoms with Gasteiger partial charge in [-0.2, -0.15) is 0 Å². The highest BCUT2D eigenvalue weighted by Crippen LogP contribution is 2.17. The van der Waals surface area contributed by atoms with Gasteiger partial charge >= 0.3 is 0 Å². The van der Waals surface area contributed by atoms with E-state index in [-0.39, 0.29) is 6.61 Å². The topological polar surface area (TPSA) is 35.9 Å². The van der Waals surface area contributed by atoms with Crippen LogP contribution in [0.25, 0.3) is 0 Å². The molecule has 1 saturated heterocycles. The minimum atomic E-state index is 0.0331. The third-order valence-corrected chi connectivity index (χ3v) is 3.72. The van der Waals surface area contributed by atoms with Gasteiger partial charge in [0.15, 0.2) is 0 Å². The van der Waals surface area contributed by atoms with E-state index in [9.17, 15) is 5.11 Å². The molecule has 0 aromatic heterocycles. The van der Waals surface area contributed by atoms with Gasteiger partial charge in [-0.25, -0.2) is 0 Å². The molecule has 0 amide bonds. The van der Waals surface area contributed by atoms with Crippen LogP contribution in [0, 0.1) is 0 Å². The fourth-order valence-electron chi connectivity index (χ4n) is 2.39. The maximum atomic E-state index is 9.23. The van der Waals surface area contributed by atoms with E-state index in [1.807, 2.05) is 24.3 Å². The highest BCUT2D eigenvalue weighted by molar-refractivity contribution is 5.32. The first-order chi connectivity index (χ1) is 9.33. The summed E-state index contributed by atoms with van der Waals surface area (Å²) in [5, 5.41) is 9.23. The second kappa shape index (κ2) is 7.48. The van der Waals surface area contributed by atoms with Crippen molar-refractivity contribution in [2.75, 3.05) is 45.9 Å². The number of benzene rings is 1. The summed E-state index contributed by atoms with van der Waals surface area (Å²) in [6.45, 7) is 9.59. The Labute approximate surface area is 115 Å². The standard InChI is InChI=1S/C15H24N2O2/c1-2-16-7-9-17(10-8-16)11-12-19-15-6-4-3-5-14(15)13-18/h3-6,18H,2,7-13H2,1H3. The number of nitrogens with zero attached hydrogens (tertiary/aromatic N) is 2. The SMILES string of the molecule is CCN1CCN(CCOc2ccccc2CO)CC1. The highest BCUT2D eigenvalue weighted by atomic mass is 16.5. The molecule has 1 fully saturated rings. The molecule has 1 aliphatic rings. The van der Waals surface area contributed by atoms with Crippen molar-refractivity contribution in [3.8, 4) is 5.75 Å². The van der Waals surface area contributed by atoms with Crippen molar-refractivity contribution in [3.63, 3.8) is 0 Å². The maximum Gasteiger partial charge on any atom is 0.124 e. The number of hydrogen-bond acceptors (Lipinski definition) is 4. The van der Waals surface area contributed by atoms with Crippen LogP contribution in [0.5, 0.6) is 5.75 Å². The molecule has 19 heavy (non-hydrogen) atoms. The Kier molecular flexibility index (Phi) is 5.63. The average molecular weight is 264 g/mol. The largest absolute Gasteiger partial charge is 0.492 e. The van der Waals surface area contributed by atoms with Crippen LogP contribution < -0.4 is 4.74 Å². The lowest BCUT2D eigenvalue weighted by Crippen LogP contribution is -2.47. The summed E-state index contributed by atoms with van der Waals surface area (Å²) in [4.78, 5) is 4.91. The summed E-state index contributed by atoms with van der Waals surface area (Å²) in [5.74, 6) is 0.803. The molecule has 1 aromatic carbocycles. The fraction of sp³-hybridized carbons (Fsp3) is 0.600. The van der Waals surface area contributed by atoms with Gasteiger partial charge in [-0.15, -0.1) is 0 Å². The van der Waals surface area contributed by atoms with Crippen molar-refractivity contribution in [2.24, 2.45) is 0 Å². The Morgan fingerprint density at radius 3 is 2.47 bits per heavy atom. The van der Waals surface area contributed by atoms with Crippen molar-refractivity contribution in [3.05, 3.63) is 29.8 Å². The van der Waals surface area contributed by atoms with Gasteiger partial charge in [-0.1, -0.05) is 25.1 Å². The summed E-state index contributed by atoms with van der Waals surface area (Å²) < 4.78 is 5.77. The van der Waals surface area contributed by atoms with Gasteiger partial charge in [-0.05, 0) is 12.6 Å². The summed E-state index contributed by atoms with van der Waals surface area (Å²) in [6.07, 6.45) is 0. The zero-order chi connectivity index (χ0) is 13.5. The lowest BCUT2D eigenvalue weighted by molar-refractivity contribution is 0.120. The van der Waals surface area contributed by atoms with Crippen molar-refractivity contribution in [2.45, 2.75) is 13.5 Å². The molecule has 4 heteroatoms. The van der Waals surface area contributed by atoms with Crippen LogP contribution in [0.1, 0.15) is 12.5 Å². The van der Waals surface area contributed by atoms with E-state index in [0.717, 1.165) is 50.6 Å². The number of aliphatic hydroxyl groups is 1. The van der Waals surface area contributed by atoms with Gasteiger partial charge in [0.2, 0.25) is 0 Å². The second-order valence-corrected chi connectivity index (χ2v) is 4.89. The van der Waals surface area contributed by atoms with Crippen LogP contribution in [0.2, 0.25) is 0 Å². The molecule has 0 atom stereocenters. The Balaban J connectivity index is 1.72. The molecular formula is C15H24N2O2. The quantitative estimate of drug-likeness (QED) is 0.837. The lowest BCUT2D eigenvalue weighted by Gasteiger charge is -2.33. The fourth-order valence-corrected chi connectivity index (χ4v) is 2.39. The van der Waals surface area contributed by atoms with Gasteiger partial charge < -0.3 is 14.7 Å². The number of piperazine rings is 1. The van der Waals surface area contributed by atoms with Crippen LogP contribution in [0.15, 0.2) is 24.3 Å². The molecular weight excluding hydrogens is 240 g/mol. The number of aliphatic hydroxyl groups excluding tert-OH is 1. The lowest BCUT2D eigenvalue weighted by atomic mass is 10.2. The number of likely N-dealkylation sites (N-methyl/N-ethyl adjacent to an activating group) is 1.